The van der Waals surface area contributed by atoms with Crippen LogP contribution in [0.2, 0.25) is 0 Å². The molecule has 0 aliphatic heterocycles. The molecule has 0 fully saturated rings. The van der Waals surface area contributed by atoms with Crippen LogP contribution in [0.4, 0.5) is 10.8 Å². The number of benzene rings is 1. The molecule has 0 bridgehead atoms. The molecule has 0 saturated carbocycles. The smallest absolute Gasteiger partial charge is 0.212 e. The Labute approximate surface area is 143 Å². The number of aromatic nitrogens is 1. The van der Waals surface area contributed by atoms with Crippen LogP contribution in [0, 0.1) is 6.92 Å². The van der Waals surface area contributed by atoms with E-state index in [1.165, 1.54) is 11.3 Å². The summed E-state index contributed by atoms with van der Waals surface area (Å²) in [6, 6.07) is 7.64. The Hall–Kier alpha value is -2.67. The van der Waals surface area contributed by atoms with Crippen molar-refractivity contribution in [2.45, 2.75) is 26.7 Å². The number of fused-ring (bicyclic) bond motifs is 1. The van der Waals surface area contributed by atoms with Crippen molar-refractivity contribution in [2.75, 3.05) is 5.32 Å². The fraction of sp³-hybridized carbons (Fsp3) is 0.235. The first kappa shape index (κ1) is 16.2. The summed E-state index contributed by atoms with van der Waals surface area (Å²) in [5, 5.41) is 6.19. The van der Waals surface area contributed by atoms with Crippen LogP contribution in [0.25, 0.3) is 11.0 Å². The summed E-state index contributed by atoms with van der Waals surface area (Å²) in [5.41, 5.74) is 8.01. The highest BCUT2D eigenvalue weighted by Crippen LogP contribution is 2.23. The number of aryl methyl sites for hydroxylation is 1. The average molecular weight is 342 g/mol. The number of furan rings is 1. The molecule has 2 heterocycles. The molecule has 3 rings (SSSR count). The molecule has 0 spiro atoms. The van der Waals surface area contributed by atoms with Crippen molar-refractivity contribution in [3.8, 4) is 0 Å². The second-order valence-corrected chi connectivity index (χ2v) is 6.26. The minimum absolute atomic E-state index is 0.0301. The van der Waals surface area contributed by atoms with Gasteiger partial charge in [0, 0.05) is 22.9 Å². The van der Waals surface area contributed by atoms with E-state index in [1.54, 1.807) is 5.38 Å². The number of anilines is 1. The van der Waals surface area contributed by atoms with E-state index in [2.05, 4.69) is 15.3 Å². The number of hydrogen-bond acceptors (Lipinski definition) is 5. The summed E-state index contributed by atoms with van der Waals surface area (Å²) in [5.74, 6) is 1.11. The monoisotopic (exact) mass is 342 g/mol. The zero-order valence-corrected chi connectivity index (χ0v) is 14.3. The van der Waals surface area contributed by atoms with Crippen molar-refractivity contribution in [3.05, 3.63) is 41.1 Å². The number of nitrogens with one attached hydrogen (secondary N) is 1. The third-order valence-corrected chi connectivity index (χ3v) is 4.12. The molecular formula is C17H18N4O2S. The Balaban J connectivity index is 1.74. The number of nitrogens with zero attached hydrogens (tertiary/aromatic N) is 2. The number of guanidine groups is 1. The van der Waals surface area contributed by atoms with E-state index in [1.807, 2.05) is 38.1 Å². The van der Waals surface area contributed by atoms with Gasteiger partial charge in [-0.25, -0.2) is 4.98 Å². The topological polar surface area (TPSA) is 93.5 Å². The number of carbonyl (C=O) groups is 1. The SMILES string of the molecule is CCCC(=O)c1csc(N=C(N)Nc2ccc3oc(C)cc3c2)n1. The lowest BCUT2D eigenvalue weighted by Gasteiger charge is -2.04. The predicted octanol–water partition coefficient (Wildman–Crippen LogP) is 4.24. The summed E-state index contributed by atoms with van der Waals surface area (Å²) < 4.78 is 5.54. The highest BCUT2D eigenvalue weighted by Gasteiger charge is 2.10. The highest BCUT2D eigenvalue weighted by molar-refractivity contribution is 7.13. The van der Waals surface area contributed by atoms with Gasteiger partial charge in [0.2, 0.25) is 11.1 Å². The second-order valence-electron chi connectivity index (χ2n) is 5.42. The standard InChI is InChI=1S/C17H18N4O2S/c1-3-4-14(22)13-9-24-17(20-13)21-16(18)19-12-5-6-15-11(8-12)7-10(2)23-15/h5-9H,3-4H2,1-2H3,(H3,18,19,20,21). The van der Waals surface area contributed by atoms with Crippen LogP contribution in [0.3, 0.4) is 0 Å². The molecule has 0 unspecified atom stereocenters. The number of aliphatic imine (C=N–C) groups is 1. The van der Waals surface area contributed by atoms with Crippen molar-refractivity contribution in [1.82, 2.24) is 4.98 Å². The van der Waals surface area contributed by atoms with E-state index in [0.717, 1.165) is 28.8 Å². The maximum Gasteiger partial charge on any atom is 0.212 e. The van der Waals surface area contributed by atoms with Gasteiger partial charge >= 0.3 is 0 Å². The lowest BCUT2D eigenvalue weighted by Crippen LogP contribution is -2.21. The van der Waals surface area contributed by atoms with Crippen LogP contribution in [0.5, 0.6) is 0 Å². The average Bonchev–Trinajstić information content (AvgIpc) is 3.12. The third kappa shape index (κ3) is 3.62. The largest absolute Gasteiger partial charge is 0.461 e. The van der Waals surface area contributed by atoms with Crippen molar-refractivity contribution in [1.29, 1.82) is 0 Å². The Bertz CT molecular complexity index is 910. The summed E-state index contributed by atoms with van der Waals surface area (Å²) >= 11 is 1.29. The van der Waals surface area contributed by atoms with Crippen LogP contribution in [0.15, 0.2) is 39.1 Å². The lowest BCUT2D eigenvalue weighted by atomic mass is 10.2. The molecule has 2 aromatic heterocycles. The zero-order valence-electron chi connectivity index (χ0n) is 13.5. The molecule has 0 atom stereocenters. The Morgan fingerprint density at radius 2 is 2.25 bits per heavy atom. The van der Waals surface area contributed by atoms with E-state index < -0.39 is 0 Å². The Morgan fingerprint density at radius 1 is 1.42 bits per heavy atom. The molecule has 0 aliphatic carbocycles. The van der Waals surface area contributed by atoms with Gasteiger partial charge in [0.1, 0.15) is 17.0 Å². The fourth-order valence-corrected chi connectivity index (χ4v) is 3.03. The molecule has 7 heteroatoms. The first-order valence-electron chi connectivity index (χ1n) is 7.65. The van der Waals surface area contributed by atoms with Crippen LogP contribution in [-0.4, -0.2) is 16.7 Å². The molecule has 0 amide bonds. The van der Waals surface area contributed by atoms with E-state index >= 15 is 0 Å². The van der Waals surface area contributed by atoms with Crippen molar-refractivity contribution in [3.63, 3.8) is 0 Å². The number of ketones is 1. The molecule has 3 aromatic rings. The van der Waals surface area contributed by atoms with Crippen LogP contribution in [-0.2, 0) is 0 Å². The molecule has 0 saturated heterocycles. The second kappa shape index (κ2) is 6.84. The van der Waals surface area contributed by atoms with Crippen molar-refractivity contribution < 1.29 is 9.21 Å². The maximum atomic E-state index is 11.8. The highest BCUT2D eigenvalue weighted by atomic mass is 32.1. The number of carbonyl (C=O) groups excluding carboxylic acids is 1. The van der Waals surface area contributed by atoms with Gasteiger partial charge in [0.15, 0.2) is 5.78 Å². The molecular weight excluding hydrogens is 324 g/mol. The summed E-state index contributed by atoms with van der Waals surface area (Å²) in [6.07, 6.45) is 1.29. The third-order valence-electron chi connectivity index (χ3n) is 3.38. The number of rotatable bonds is 5. The fourth-order valence-electron chi connectivity index (χ4n) is 2.33. The normalized spacial score (nSPS) is 11.8. The Morgan fingerprint density at radius 3 is 3.04 bits per heavy atom. The van der Waals surface area contributed by atoms with Gasteiger partial charge in [-0.15, -0.1) is 11.3 Å². The first-order chi connectivity index (χ1) is 11.5. The Kier molecular flexibility index (Phi) is 4.61. The summed E-state index contributed by atoms with van der Waals surface area (Å²) in [7, 11) is 0. The van der Waals surface area contributed by atoms with E-state index in [-0.39, 0.29) is 11.7 Å². The zero-order chi connectivity index (χ0) is 17.1. The van der Waals surface area contributed by atoms with Crippen LogP contribution >= 0.6 is 11.3 Å². The van der Waals surface area contributed by atoms with Crippen molar-refractivity contribution in [2.24, 2.45) is 10.7 Å². The van der Waals surface area contributed by atoms with Gasteiger partial charge in [-0.2, -0.15) is 4.99 Å². The lowest BCUT2D eigenvalue weighted by molar-refractivity contribution is 0.0977. The van der Waals surface area contributed by atoms with Gasteiger partial charge in [-0.3, -0.25) is 4.79 Å². The van der Waals surface area contributed by atoms with E-state index in [4.69, 9.17) is 10.2 Å². The summed E-state index contributed by atoms with van der Waals surface area (Å²) in [6.45, 7) is 3.87. The number of thiazole rings is 1. The van der Waals surface area contributed by atoms with Crippen molar-refractivity contribution >= 4 is 44.9 Å². The minimum Gasteiger partial charge on any atom is -0.461 e. The van der Waals surface area contributed by atoms with E-state index in [9.17, 15) is 4.79 Å². The molecule has 0 radical (unpaired) electrons. The molecule has 24 heavy (non-hydrogen) atoms. The number of nitrogens with two attached hydrogens (primary N) is 1. The molecule has 124 valence electrons. The molecule has 0 aliphatic rings. The first-order valence-corrected chi connectivity index (χ1v) is 8.53. The van der Waals surface area contributed by atoms with Gasteiger partial charge in [0.05, 0.1) is 0 Å². The molecule has 1 aromatic carbocycles. The maximum absolute atomic E-state index is 11.8. The number of Topliss-reactive ketones (excluding diaryl/α,β-unsaturated/α-hetero) is 1. The van der Waals surface area contributed by atoms with Gasteiger partial charge in [-0.1, -0.05) is 6.92 Å². The quantitative estimate of drug-likeness (QED) is 0.411. The van der Waals surface area contributed by atoms with Crippen LogP contribution < -0.4 is 11.1 Å². The van der Waals surface area contributed by atoms with Gasteiger partial charge in [0.25, 0.3) is 0 Å². The van der Waals surface area contributed by atoms with Gasteiger partial charge in [-0.05, 0) is 37.6 Å². The minimum atomic E-state index is 0.0301. The van der Waals surface area contributed by atoms with E-state index in [0.29, 0.717) is 17.2 Å². The molecule has 3 N–H and O–H groups in total. The summed E-state index contributed by atoms with van der Waals surface area (Å²) in [4.78, 5) is 20.2. The van der Waals surface area contributed by atoms with Crippen LogP contribution in [0.1, 0.15) is 36.0 Å². The predicted molar refractivity (Wildman–Crippen MR) is 97.2 cm³/mol. The van der Waals surface area contributed by atoms with Gasteiger partial charge < -0.3 is 15.5 Å². The number of hydrogen-bond donors (Lipinski definition) is 2. The molecule has 6 nitrogen and oxygen atoms in total.